The van der Waals surface area contributed by atoms with Crippen LogP contribution >= 0.6 is 0 Å². The molecule has 5 heterocycles. The summed E-state index contributed by atoms with van der Waals surface area (Å²) in [6.07, 6.45) is 7.13. The SMILES string of the molecule is Cc1nc(CCc2cc(CCc3nc(C)c4ccccc4n3)c3cc[nH]c3n2)c2cc[nH]c2n1. The molecule has 5 aromatic heterocycles. The summed E-state index contributed by atoms with van der Waals surface area (Å²) in [5.74, 6) is 1.66. The van der Waals surface area contributed by atoms with E-state index >= 15 is 0 Å². The minimum atomic E-state index is 0.782. The molecule has 0 amide bonds. The normalized spacial score (nSPS) is 11.7. The molecule has 0 radical (unpaired) electrons. The van der Waals surface area contributed by atoms with Crippen LogP contribution in [0.1, 0.15) is 34.3 Å². The number of fused-ring (bicyclic) bond motifs is 3. The van der Waals surface area contributed by atoms with Gasteiger partial charge in [0.25, 0.3) is 0 Å². The van der Waals surface area contributed by atoms with E-state index in [0.29, 0.717) is 0 Å². The van der Waals surface area contributed by atoms with Crippen LogP contribution < -0.4 is 0 Å². The summed E-state index contributed by atoms with van der Waals surface area (Å²) in [6, 6.07) is 14.6. The largest absolute Gasteiger partial charge is 0.346 e. The lowest BCUT2D eigenvalue weighted by Crippen LogP contribution is -2.04. The maximum absolute atomic E-state index is 4.87. The van der Waals surface area contributed by atoms with Gasteiger partial charge in [-0.05, 0) is 62.9 Å². The summed E-state index contributed by atoms with van der Waals surface area (Å²) in [6.45, 7) is 3.99. The zero-order chi connectivity index (χ0) is 23.1. The van der Waals surface area contributed by atoms with Gasteiger partial charge in [0, 0.05) is 46.4 Å². The fourth-order valence-electron chi connectivity index (χ4n) is 4.72. The highest BCUT2D eigenvalue weighted by Gasteiger charge is 2.12. The molecule has 0 spiro atoms. The van der Waals surface area contributed by atoms with Crippen LogP contribution in [0.4, 0.5) is 0 Å². The van der Waals surface area contributed by atoms with Gasteiger partial charge in [-0.15, -0.1) is 0 Å². The zero-order valence-electron chi connectivity index (χ0n) is 19.3. The molecule has 1 aromatic carbocycles. The van der Waals surface area contributed by atoms with Crippen LogP contribution in [-0.2, 0) is 25.7 Å². The molecular formula is C27H25N7. The van der Waals surface area contributed by atoms with Gasteiger partial charge in [0.05, 0.1) is 11.2 Å². The molecule has 0 fully saturated rings. The van der Waals surface area contributed by atoms with Crippen LogP contribution in [0.2, 0.25) is 0 Å². The van der Waals surface area contributed by atoms with E-state index in [4.69, 9.17) is 15.0 Å². The Morgan fingerprint density at radius 1 is 0.676 bits per heavy atom. The lowest BCUT2D eigenvalue weighted by molar-refractivity contribution is 0.849. The van der Waals surface area contributed by atoms with Crippen LogP contribution in [0.3, 0.4) is 0 Å². The third-order valence-electron chi connectivity index (χ3n) is 6.35. The number of hydrogen-bond acceptors (Lipinski definition) is 5. The number of aromatic nitrogens is 7. The van der Waals surface area contributed by atoms with E-state index in [1.807, 2.05) is 37.5 Å². The minimum Gasteiger partial charge on any atom is -0.346 e. The number of aryl methyl sites for hydroxylation is 6. The number of pyridine rings is 1. The van der Waals surface area contributed by atoms with Crippen molar-refractivity contribution in [2.75, 3.05) is 0 Å². The Kier molecular flexibility index (Phi) is 5.02. The van der Waals surface area contributed by atoms with Crippen molar-refractivity contribution in [3.63, 3.8) is 0 Å². The molecule has 2 N–H and O–H groups in total. The van der Waals surface area contributed by atoms with Crippen molar-refractivity contribution in [3.05, 3.63) is 89.2 Å². The van der Waals surface area contributed by atoms with Crippen molar-refractivity contribution in [1.29, 1.82) is 0 Å². The molecule has 0 atom stereocenters. The lowest BCUT2D eigenvalue weighted by atomic mass is 10.0. The predicted octanol–water partition coefficient (Wildman–Crippen LogP) is 4.96. The molecule has 6 aromatic rings. The lowest BCUT2D eigenvalue weighted by Gasteiger charge is -2.09. The number of para-hydroxylation sites is 1. The highest BCUT2D eigenvalue weighted by Crippen LogP contribution is 2.22. The van der Waals surface area contributed by atoms with Crippen LogP contribution in [-0.4, -0.2) is 34.9 Å². The average Bonchev–Trinajstić information content (AvgIpc) is 3.50. The second kappa shape index (κ2) is 8.33. The highest BCUT2D eigenvalue weighted by molar-refractivity contribution is 5.81. The molecule has 34 heavy (non-hydrogen) atoms. The van der Waals surface area contributed by atoms with Crippen molar-refractivity contribution in [1.82, 2.24) is 34.9 Å². The summed E-state index contributed by atoms with van der Waals surface area (Å²) in [5, 5.41) is 3.35. The number of hydrogen-bond donors (Lipinski definition) is 2. The van der Waals surface area contributed by atoms with E-state index in [1.165, 1.54) is 5.56 Å². The number of benzene rings is 1. The zero-order valence-corrected chi connectivity index (χ0v) is 19.3. The first-order valence-corrected chi connectivity index (χ1v) is 11.6. The minimum absolute atomic E-state index is 0.782. The molecule has 7 heteroatoms. The first-order chi connectivity index (χ1) is 16.6. The second-order valence-corrected chi connectivity index (χ2v) is 8.71. The van der Waals surface area contributed by atoms with E-state index in [2.05, 4.69) is 51.1 Å². The molecule has 0 aliphatic carbocycles. The third kappa shape index (κ3) is 3.79. The molecule has 6 rings (SSSR count). The molecule has 0 saturated carbocycles. The Hall–Kier alpha value is -4.13. The van der Waals surface area contributed by atoms with E-state index in [0.717, 1.165) is 87.4 Å². The molecule has 0 aliphatic heterocycles. The molecule has 7 nitrogen and oxygen atoms in total. The fourth-order valence-corrected chi connectivity index (χ4v) is 4.72. The van der Waals surface area contributed by atoms with Crippen molar-refractivity contribution in [2.24, 2.45) is 0 Å². The average molecular weight is 448 g/mol. The maximum Gasteiger partial charge on any atom is 0.141 e. The van der Waals surface area contributed by atoms with Crippen LogP contribution in [0.5, 0.6) is 0 Å². The number of nitrogens with zero attached hydrogens (tertiary/aromatic N) is 5. The maximum atomic E-state index is 4.87. The number of aromatic amines is 2. The summed E-state index contributed by atoms with van der Waals surface area (Å²) < 4.78 is 0. The van der Waals surface area contributed by atoms with E-state index in [1.54, 1.807) is 0 Å². The summed E-state index contributed by atoms with van der Waals surface area (Å²) >= 11 is 0. The Labute approximate surface area is 196 Å². The van der Waals surface area contributed by atoms with Gasteiger partial charge in [0.1, 0.15) is 22.9 Å². The number of nitrogens with one attached hydrogen (secondary N) is 2. The smallest absolute Gasteiger partial charge is 0.141 e. The Bertz CT molecular complexity index is 1640. The Morgan fingerprint density at radius 2 is 1.47 bits per heavy atom. The van der Waals surface area contributed by atoms with Gasteiger partial charge < -0.3 is 9.97 Å². The first-order valence-electron chi connectivity index (χ1n) is 11.6. The van der Waals surface area contributed by atoms with Gasteiger partial charge in [-0.2, -0.15) is 0 Å². The molecule has 0 saturated heterocycles. The Morgan fingerprint density at radius 3 is 2.35 bits per heavy atom. The Balaban J connectivity index is 1.27. The molecule has 0 unspecified atom stereocenters. The molecule has 0 aliphatic rings. The standard InChI is InChI=1S/C27H25N7/c1-16-20-5-3-4-6-23(20)34-25(30-16)10-7-18-15-19(33-26-21(18)11-13-28-26)8-9-24-22-12-14-29-27(22)32-17(2)31-24/h3-6,11-15H,7-10H2,1-2H3,(H,28,33)(H,29,31,32). The van der Waals surface area contributed by atoms with Gasteiger partial charge in [-0.3, -0.25) is 0 Å². The quantitative estimate of drug-likeness (QED) is 0.376. The first kappa shape index (κ1) is 20.5. The van der Waals surface area contributed by atoms with Crippen molar-refractivity contribution in [2.45, 2.75) is 39.5 Å². The second-order valence-electron chi connectivity index (χ2n) is 8.71. The third-order valence-corrected chi connectivity index (χ3v) is 6.35. The summed E-state index contributed by atoms with van der Waals surface area (Å²) in [7, 11) is 0. The topological polar surface area (TPSA) is 96.0 Å². The highest BCUT2D eigenvalue weighted by atomic mass is 14.9. The van der Waals surface area contributed by atoms with E-state index < -0.39 is 0 Å². The summed E-state index contributed by atoms with van der Waals surface area (Å²) in [5.41, 5.74) is 7.22. The van der Waals surface area contributed by atoms with Gasteiger partial charge in [0.15, 0.2) is 0 Å². The van der Waals surface area contributed by atoms with Crippen molar-refractivity contribution in [3.8, 4) is 0 Å². The van der Waals surface area contributed by atoms with Gasteiger partial charge in [-0.25, -0.2) is 24.9 Å². The number of rotatable bonds is 6. The summed E-state index contributed by atoms with van der Waals surface area (Å²) in [4.78, 5) is 30.1. The van der Waals surface area contributed by atoms with Crippen LogP contribution in [0, 0.1) is 13.8 Å². The van der Waals surface area contributed by atoms with Gasteiger partial charge in [0.2, 0.25) is 0 Å². The monoisotopic (exact) mass is 447 g/mol. The van der Waals surface area contributed by atoms with E-state index in [9.17, 15) is 0 Å². The predicted molar refractivity (Wildman–Crippen MR) is 134 cm³/mol. The van der Waals surface area contributed by atoms with Crippen LogP contribution in [0.25, 0.3) is 33.0 Å². The fraction of sp³-hybridized carbons (Fsp3) is 0.222. The van der Waals surface area contributed by atoms with Crippen molar-refractivity contribution < 1.29 is 0 Å². The molecular weight excluding hydrogens is 422 g/mol. The van der Waals surface area contributed by atoms with E-state index in [-0.39, 0.29) is 0 Å². The number of H-pyrrole nitrogens is 2. The molecule has 0 bridgehead atoms. The molecule has 168 valence electrons. The van der Waals surface area contributed by atoms with Gasteiger partial charge in [-0.1, -0.05) is 18.2 Å². The van der Waals surface area contributed by atoms with Crippen molar-refractivity contribution >= 4 is 33.0 Å². The van der Waals surface area contributed by atoms with Crippen LogP contribution in [0.15, 0.2) is 54.9 Å². The van der Waals surface area contributed by atoms with Gasteiger partial charge >= 0.3 is 0 Å².